The van der Waals surface area contributed by atoms with Crippen molar-refractivity contribution >= 4 is 5.82 Å². The van der Waals surface area contributed by atoms with E-state index in [0.29, 0.717) is 11.5 Å². The molecule has 0 aromatic carbocycles. The molecule has 2 N–H and O–H groups in total. The smallest absolute Gasteiger partial charge is 0.182 e. The molecule has 0 radical (unpaired) electrons. The third-order valence-electron chi connectivity index (χ3n) is 2.70. The minimum absolute atomic E-state index is 0.354. The van der Waals surface area contributed by atoms with Crippen LogP contribution in [0.15, 0.2) is 24.0 Å². The van der Waals surface area contributed by atoms with Crippen molar-refractivity contribution in [2.24, 2.45) is 0 Å². The minimum atomic E-state index is 0.354. The summed E-state index contributed by atoms with van der Waals surface area (Å²) in [5, 5.41) is 15.3. The second-order valence-electron chi connectivity index (χ2n) is 3.86. The highest BCUT2D eigenvalue weighted by molar-refractivity contribution is 5.46. The van der Waals surface area contributed by atoms with Crippen LogP contribution in [0.3, 0.4) is 0 Å². The lowest BCUT2D eigenvalue weighted by molar-refractivity contribution is 0.683. The maximum absolute atomic E-state index is 8.85. The van der Waals surface area contributed by atoms with Gasteiger partial charge in [-0.25, -0.2) is 9.97 Å². The normalized spacial score (nSPS) is 14.9. The average Bonchev–Trinajstić information content (AvgIpc) is 2.40. The van der Waals surface area contributed by atoms with Crippen LogP contribution in [0, 0.1) is 11.3 Å². The van der Waals surface area contributed by atoms with E-state index in [1.807, 2.05) is 6.07 Å². The lowest BCUT2D eigenvalue weighted by Crippen LogP contribution is -2.21. The maximum atomic E-state index is 8.85. The lowest BCUT2D eigenvalue weighted by atomic mass is 10.1. The first kappa shape index (κ1) is 11.6. The fourth-order valence-corrected chi connectivity index (χ4v) is 1.79. The molecule has 1 aliphatic heterocycles. The predicted octanol–water partition coefficient (Wildman–Crippen LogP) is 1.07. The Morgan fingerprint density at radius 3 is 3.06 bits per heavy atom. The number of anilines is 1. The molecule has 0 amide bonds. The SMILES string of the molecule is N#Cc1nccnc1NCCC1=CCNCC1. The van der Waals surface area contributed by atoms with Gasteiger partial charge in [-0.3, -0.25) is 0 Å². The second kappa shape index (κ2) is 5.97. The Bertz CT molecular complexity index is 446. The van der Waals surface area contributed by atoms with Crippen molar-refractivity contribution in [2.45, 2.75) is 12.8 Å². The molecule has 0 atom stereocenters. The first-order valence-electron chi connectivity index (χ1n) is 5.74. The van der Waals surface area contributed by atoms with Crippen molar-refractivity contribution in [2.75, 3.05) is 25.0 Å². The number of nitrogens with one attached hydrogen (secondary N) is 2. The van der Waals surface area contributed by atoms with Gasteiger partial charge in [0.2, 0.25) is 0 Å². The molecular weight excluding hydrogens is 214 g/mol. The molecule has 0 bridgehead atoms. The number of aromatic nitrogens is 2. The predicted molar refractivity (Wildman–Crippen MR) is 65.4 cm³/mol. The highest BCUT2D eigenvalue weighted by atomic mass is 15.0. The van der Waals surface area contributed by atoms with Gasteiger partial charge in [0.25, 0.3) is 0 Å². The Hall–Kier alpha value is -1.93. The van der Waals surface area contributed by atoms with Crippen LogP contribution in [0.5, 0.6) is 0 Å². The molecule has 0 fully saturated rings. The molecular formula is C12H15N5. The Kier molecular flexibility index (Phi) is 4.05. The van der Waals surface area contributed by atoms with Crippen molar-refractivity contribution in [1.82, 2.24) is 15.3 Å². The van der Waals surface area contributed by atoms with Crippen LogP contribution in [0.2, 0.25) is 0 Å². The molecule has 17 heavy (non-hydrogen) atoms. The van der Waals surface area contributed by atoms with E-state index in [0.717, 1.165) is 32.5 Å². The van der Waals surface area contributed by atoms with Crippen molar-refractivity contribution in [3.63, 3.8) is 0 Å². The van der Waals surface area contributed by atoms with Gasteiger partial charge in [-0.1, -0.05) is 11.6 Å². The van der Waals surface area contributed by atoms with Crippen molar-refractivity contribution in [1.29, 1.82) is 5.26 Å². The lowest BCUT2D eigenvalue weighted by Gasteiger charge is -2.14. The molecule has 5 nitrogen and oxygen atoms in total. The van der Waals surface area contributed by atoms with Crippen molar-refractivity contribution in [3.8, 4) is 6.07 Å². The zero-order valence-corrected chi connectivity index (χ0v) is 9.61. The molecule has 0 saturated heterocycles. The van der Waals surface area contributed by atoms with Gasteiger partial charge in [0, 0.05) is 25.5 Å². The summed E-state index contributed by atoms with van der Waals surface area (Å²) >= 11 is 0. The topological polar surface area (TPSA) is 73.6 Å². The van der Waals surface area contributed by atoms with E-state index in [1.54, 1.807) is 6.20 Å². The highest BCUT2D eigenvalue weighted by Gasteiger charge is 2.05. The van der Waals surface area contributed by atoms with Gasteiger partial charge in [0.15, 0.2) is 11.5 Å². The van der Waals surface area contributed by atoms with E-state index >= 15 is 0 Å². The number of nitriles is 1. The molecule has 0 saturated carbocycles. The van der Waals surface area contributed by atoms with Gasteiger partial charge in [0.05, 0.1) is 0 Å². The molecule has 1 aromatic heterocycles. The van der Waals surface area contributed by atoms with Crippen LogP contribution in [-0.2, 0) is 0 Å². The summed E-state index contributed by atoms with van der Waals surface area (Å²) in [7, 11) is 0. The standard InChI is InChI=1S/C12H15N5/c13-9-11-12(17-8-7-15-11)16-6-3-10-1-4-14-5-2-10/h1,7-8,14H,2-6H2,(H,16,17). The van der Waals surface area contributed by atoms with Crippen LogP contribution >= 0.6 is 0 Å². The van der Waals surface area contributed by atoms with Crippen LogP contribution in [0.1, 0.15) is 18.5 Å². The first-order chi connectivity index (χ1) is 8.40. The second-order valence-corrected chi connectivity index (χ2v) is 3.86. The van der Waals surface area contributed by atoms with E-state index < -0.39 is 0 Å². The van der Waals surface area contributed by atoms with Crippen molar-refractivity contribution in [3.05, 3.63) is 29.7 Å². The van der Waals surface area contributed by atoms with Gasteiger partial charge < -0.3 is 10.6 Å². The van der Waals surface area contributed by atoms with E-state index in [-0.39, 0.29) is 0 Å². The van der Waals surface area contributed by atoms with E-state index in [2.05, 4.69) is 26.7 Å². The number of rotatable bonds is 4. The molecule has 0 aliphatic carbocycles. The fourth-order valence-electron chi connectivity index (χ4n) is 1.79. The van der Waals surface area contributed by atoms with Crippen LogP contribution < -0.4 is 10.6 Å². The molecule has 88 valence electrons. The average molecular weight is 229 g/mol. The van der Waals surface area contributed by atoms with Crippen LogP contribution in [0.25, 0.3) is 0 Å². The summed E-state index contributed by atoms with van der Waals surface area (Å²) in [6.07, 6.45) is 7.44. The Morgan fingerprint density at radius 2 is 2.29 bits per heavy atom. The molecule has 0 unspecified atom stereocenters. The number of nitrogens with zero attached hydrogens (tertiary/aromatic N) is 3. The largest absolute Gasteiger partial charge is 0.367 e. The Labute approximate surface area is 101 Å². The third-order valence-corrected chi connectivity index (χ3v) is 2.70. The maximum Gasteiger partial charge on any atom is 0.182 e. The van der Waals surface area contributed by atoms with E-state index in [9.17, 15) is 0 Å². The van der Waals surface area contributed by atoms with E-state index in [4.69, 9.17) is 5.26 Å². The highest BCUT2D eigenvalue weighted by Crippen LogP contribution is 2.11. The Balaban J connectivity index is 1.86. The minimum Gasteiger partial charge on any atom is -0.367 e. The molecule has 1 aliphatic rings. The quantitative estimate of drug-likeness (QED) is 0.755. The summed E-state index contributed by atoms with van der Waals surface area (Å²) in [6.45, 7) is 2.81. The summed E-state index contributed by atoms with van der Waals surface area (Å²) in [5.41, 5.74) is 1.81. The summed E-state index contributed by atoms with van der Waals surface area (Å²) in [5.74, 6) is 0.574. The molecule has 5 heteroatoms. The van der Waals surface area contributed by atoms with Gasteiger partial charge in [0.1, 0.15) is 6.07 Å². The van der Waals surface area contributed by atoms with Crippen molar-refractivity contribution < 1.29 is 0 Å². The zero-order chi connectivity index (χ0) is 11.9. The number of hydrogen-bond acceptors (Lipinski definition) is 5. The summed E-state index contributed by atoms with van der Waals surface area (Å²) < 4.78 is 0. The first-order valence-corrected chi connectivity index (χ1v) is 5.74. The molecule has 2 heterocycles. The summed E-state index contributed by atoms with van der Waals surface area (Å²) in [6, 6.07) is 2.02. The molecule has 0 spiro atoms. The van der Waals surface area contributed by atoms with Crippen LogP contribution in [0.4, 0.5) is 5.82 Å². The fraction of sp³-hybridized carbons (Fsp3) is 0.417. The monoisotopic (exact) mass is 229 g/mol. The molecule has 1 aromatic rings. The van der Waals surface area contributed by atoms with Gasteiger partial charge in [-0.05, 0) is 19.4 Å². The Morgan fingerprint density at radius 1 is 1.41 bits per heavy atom. The zero-order valence-electron chi connectivity index (χ0n) is 9.61. The van der Waals surface area contributed by atoms with E-state index in [1.165, 1.54) is 11.8 Å². The number of hydrogen-bond donors (Lipinski definition) is 2. The van der Waals surface area contributed by atoms with Gasteiger partial charge in [-0.2, -0.15) is 5.26 Å². The van der Waals surface area contributed by atoms with Crippen LogP contribution in [-0.4, -0.2) is 29.6 Å². The summed E-state index contributed by atoms with van der Waals surface area (Å²) in [4.78, 5) is 8.06. The van der Waals surface area contributed by atoms with Gasteiger partial charge in [-0.15, -0.1) is 0 Å². The molecule has 2 rings (SSSR count). The van der Waals surface area contributed by atoms with Gasteiger partial charge >= 0.3 is 0 Å². The third kappa shape index (κ3) is 3.26.